The van der Waals surface area contributed by atoms with E-state index in [0.29, 0.717) is 26.6 Å². The molecule has 0 aliphatic heterocycles. The van der Waals surface area contributed by atoms with Gasteiger partial charge in [0.15, 0.2) is 0 Å². The van der Waals surface area contributed by atoms with Crippen LogP contribution in [0.5, 0.6) is 0 Å². The van der Waals surface area contributed by atoms with Crippen LogP contribution in [0.1, 0.15) is 30.4 Å². The first-order chi connectivity index (χ1) is 12.2. The quantitative estimate of drug-likeness (QED) is 0.621. The van der Waals surface area contributed by atoms with Crippen molar-refractivity contribution in [1.82, 2.24) is 15.3 Å². The average molecular weight is 409 g/mol. The number of carbonyl (C=O) groups is 1. The normalized spacial score (nSPS) is 11.6. The monoisotopic (exact) mass is 408 g/mol. The van der Waals surface area contributed by atoms with E-state index in [9.17, 15) is 4.79 Å². The van der Waals surface area contributed by atoms with E-state index in [0.717, 1.165) is 15.8 Å². The molecular formula is C18H18Cl2N4OS. The fourth-order valence-corrected chi connectivity index (χ4v) is 3.64. The Morgan fingerprint density at radius 1 is 1.12 bits per heavy atom. The summed E-state index contributed by atoms with van der Waals surface area (Å²) < 4.78 is 0. The summed E-state index contributed by atoms with van der Waals surface area (Å²) in [6.07, 6.45) is 0. The third-order valence-corrected chi connectivity index (χ3v) is 5.29. The molecule has 1 amide bonds. The Labute approximate surface area is 165 Å². The van der Waals surface area contributed by atoms with Crippen LogP contribution < -0.4 is 10.6 Å². The molecule has 5 nitrogen and oxygen atoms in total. The molecule has 3 rings (SSSR count). The fraction of sp³-hybridized carbons (Fsp3) is 0.278. The van der Waals surface area contributed by atoms with E-state index < -0.39 is 0 Å². The smallest absolute Gasteiger partial charge is 0.261 e. The first-order valence-electron chi connectivity index (χ1n) is 7.95. The zero-order valence-electron chi connectivity index (χ0n) is 14.8. The van der Waals surface area contributed by atoms with Crippen molar-refractivity contribution in [3.05, 3.63) is 39.2 Å². The molecule has 0 aliphatic rings. The van der Waals surface area contributed by atoms with Crippen LogP contribution in [0.2, 0.25) is 10.0 Å². The standard InChI is InChI=1S/C18H18Cl2N4OS/c1-18(2,3)24-15(25)13-8-10-14(9-5-6-11(19)12(20)7-9)22-17(21-4)23-16(10)26-13/h5-8H,1-4H3,(H,24,25)(H,21,22,23). The highest BCUT2D eigenvalue weighted by Gasteiger charge is 2.20. The molecule has 0 saturated heterocycles. The lowest BCUT2D eigenvalue weighted by molar-refractivity contribution is 0.0924. The second kappa shape index (κ2) is 7.02. The van der Waals surface area contributed by atoms with Gasteiger partial charge in [0.1, 0.15) is 4.83 Å². The third kappa shape index (κ3) is 3.92. The maximum atomic E-state index is 12.5. The number of hydrogen-bond acceptors (Lipinski definition) is 5. The van der Waals surface area contributed by atoms with Crippen molar-refractivity contribution in [2.24, 2.45) is 0 Å². The molecular weight excluding hydrogens is 391 g/mol. The minimum Gasteiger partial charge on any atom is -0.357 e. The number of anilines is 1. The molecule has 0 spiro atoms. The Morgan fingerprint density at radius 2 is 1.85 bits per heavy atom. The second-order valence-electron chi connectivity index (χ2n) is 6.81. The van der Waals surface area contributed by atoms with E-state index >= 15 is 0 Å². The van der Waals surface area contributed by atoms with Crippen molar-refractivity contribution >= 4 is 56.6 Å². The van der Waals surface area contributed by atoms with Crippen molar-refractivity contribution in [2.75, 3.05) is 12.4 Å². The number of benzene rings is 1. The number of carbonyl (C=O) groups excluding carboxylic acids is 1. The number of halogens is 2. The van der Waals surface area contributed by atoms with E-state index in [1.807, 2.05) is 32.9 Å². The third-order valence-electron chi connectivity index (χ3n) is 3.52. The number of fused-ring (bicyclic) bond motifs is 1. The summed E-state index contributed by atoms with van der Waals surface area (Å²) in [5, 5.41) is 7.65. The molecule has 0 aliphatic carbocycles. The molecule has 26 heavy (non-hydrogen) atoms. The van der Waals surface area contributed by atoms with Crippen molar-refractivity contribution in [2.45, 2.75) is 26.3 Å². The van der Waals surface area contributed by atoms with Gasteiger partial charge >= 0.3 is 0 Å². The molecule has 1 aromatic carbocycles. The molecule has 0 radical (unpaired) electrons. The van der Waals surface area contributed by atoms with Crippen LogP contribution >= 0.6 is 34.5 Å². The van der Waals surface area contributed by atoms with Gasteiger partial charge in [-0.15, -0.1) is 11.3 Å². The van der Waals surface area contributed by atoms with E-state index in [1.165, 1.54) is 11.3 Å². The van der Waals surface area contributed by atoms with E-state index in [4.69, 9.17) is 23.2 Å². The van der Waals surface area contributed by atoms with Crippen LogP contribution in [0.4, 0.5) is 5.95 Å². The Balaban J connectivity index is 2.16. The van der Waals surface area contributed by atoms with Crippen LogP contribution in [0, 0.1) is 0 Å². The fourth-order valence-electron chi connectivity index (χ4n) is 2.41. The lowest BCUT2D eigenvalue weighted by Crippen LogP contribution is -2.40. The van der Waals surface area contributed by atoms with Crippen LogP contribution in [0.25, 0.3) is 21.5 Å². The molecule has 0 bridgehead atoms. The van der Waals surface area contributed by atoms with Gasteiger partial charge < -0.3 is 10.6 Å². The molecule has 136 valence electrons. The summed E-state index contributed by atoms with van der Waals surface area (Å²) in [6, 6.07) is 7.16. The van der Waals surface area contributed by atoms with Gasteiger partial charge in [-0.3, -0.25) is 4.79 Å². The Morgan fingerprint density at radius 3 is 2.46 bits per heavy atom. The SMILES string of the molecule is CNc1nc(-c2ccc(Cl)c(Cl)c2)c2cc(C(=O)NC(C)(C)C)sc2n1. The van der Waals surface area contributed by atoms with Gasteiger partial charge in [0.25, 0.3) is 5.91 Å². The van der Waals surface area contributed by atoms with Gasteiger partial charge in [0.2, 0.25) is 5.95 Å². The Hall–Kier alpha value is -1.89. The second-order valence-corrected chi connectivity index (χ2v) is 8.65. The first kappa shape index (κ1) is 18.9. The first-order valence-corrected chi connectivity index (χ1v) is 9.52. The van der Waals surface area contributed by atoms with E-state index in [-0.39, 0.29) is 11.4 Å². The van der Waals surface area contributed by atoms with Crippen LogP contribution in [0.15, 0.2) is 24.3 Å². The number of nitrogens with one attached hydrogen (secondary N) is 2. The van der Waals surface area contributed by atoms with E-state index in [1.54, 1.807) is 19.2 Å². The van der Waals surface area contributed by atoms with Crippen molar-refractivity contribution in [3.63, 3.8) is 0 Å². The molecule has 2 heterocycles. The van der Waals surface area contributed by atoms with Crippen LogP contribution in [-0.2, 0) is 0 Å². The highest BCUT2D eigenvalue weighted by atomic mass is 35.5. The molecule has 2 N–H and O–H groups in total. The van der Waals surface area contributed by atoms with E-state index in [2.05, 4.69) is 20.6 Å². The highest BCUT2D eigenvalue weighted by molar-refractivity contribution is 7.20. The summed E-state index contributed by atoms with van der Waals surface area (Å²) in [5.74, 6) is 0.342. The molecule has 3 aromatic rings. The van der Waals surface area contributed by atoms with Crippen molar-refractivity contribution in [1.29, 1.82) is 0 Å². The van der Waals surface area contributed by atoms with Crippen molar-refractivity contribution < 1.29 is 4.79 Å². The molecule has 0 saturated carbocycles. The zero-order valence-corrected chi connectivity index (χ0v) is 17.1. The maximum absolute atomic E-state index is 12.5. The van der Waals surface area contributed by atoms with Gasteiger partial charge in [-0.25, -0.2) is 9.97 Å². The molecule has 8 heteroatoms. The van der Waals surface area contributed by atoms with Gasteiger partial charge in [-0.2, -0.15) is 0 Å². The van der Waals surface area contributed by atoms with Gasteiger partial charge in [0.05, 0.1) is 20.6 Å². The Bertz CT molecular complexity index is 995. The molecule has 0 atom stereocenters. The number of aromatic nitrogens is 2. The zero-order chi connectivity index (χ0) is 19.1. The average Bonchev–Trinajstić information content (AvgIpc) is 2.99. The summed E-state index contributed by atoms with van der Waals surface area (Å²) in [4.78, 5) is 22.9. The summed E-state index contributed by atoms with van der Waals surface area (Å²) in [6.45, 7) is 5.83. The number of amides is 1. The van der Waals surface area contributed by atoms with Crippen LogP contribution in [0.3, 0.4) is 0 Å². The highest BCUT2D eigenvalue weighted by Crippen LogP contribution is 2.35. The number of rotatable bonds is 3. The summed E-state index contributed by atoms with van der Waals surface area (Å²) in [5.41, 5.74) is 1.19. The number of thiophene rings is 1. The lowest BCUT2D eigenvalue weighted by atomic mass is 10.1. The minimum atomic E-state index is -0.318. The maximum Gasteiger partial charge on any atom is 0.261 e. The van der Waals surface area contributed by atoms with Gasteiger partial charge in [-0.05, 0) is 39.0 Å². The predicted molar refractivity (Wildman–Crippen MR) is 110 cm³/mol. The topological polar surface area (TPSA) is 66.9 Å². The Kier molecular flexibility index (Phi) is 5.10. The van der Waals surface area contributed by atoms with Gasteiger partial charge in [-0.1, -0.05) is 29.3 Å². The summed E-state index contributed by atoms with van der Waals surface area (Å²) >= 11 is 13.5. The molecule has 2 aromatic heterocycles. The number of nitrogens with zero attached hydrogens (tertiary/aromatic N) is 2. The largest absolute Gasteiger partial charge is 0.357 e. The lowest BCUT2D eigenvalue weighted by Gasteiger charge is -2.19. The predicted octanol–water partition coefficient (Wildman–Crippen LogP) is 5.24. The van der Waals surface area contributed by atoms with Crippen molar-refractivity contribution in [3.8, 4) is 11.3 Å². The molecule has 0 fully saturated rings. The van der Waals surface area contributed by atoms with Gasteiger partial charge in [0, 0.05) is 23.5 Å². The number of hydrogen-bond donors (Lipinski definition) is 2. The summed E-state index contributed by atoms with van der Waals surface area (Å²) in [7, 11) is 1.75. The van der Waals surface area contributed by atoms with Crippen LogP contribution in [-0.4, -0.2) is 28.5 Å². The minimum absolute atomic E-state index is 0.133. The molecule has 0 unspecified atom stereocenters.